The van der Waals surface area contributed by atoms with Gasteiger partial charge in [0, 0.05) is 36.8 Å². The van der Waals surface area contributed by atoms with Crippen LogP contribution in [0.25, 0.3) is 0 Å². The molecule has 0 aromatic heterocycles. The SMILES string of the molecule is CC(O)CNC(CCCCCCCC(O)(CNC1(C)CCNCC1)CC(=O)O)CC1CCC(O)C(C)N1. The first-order valence-corrected chi connectivity index (χ1v) is 14.8. The van der Waals surface area contributed by atoms with E-state index in [0.717, 1.165) is 83.7 Å². The van der Waals surface area contributed by atoms with Gasteiger partial charge in [-0.25, -0.2) is 0 Å². The number of unbranched alkanes of at least 4 members (excludes halogenated alkanes) is 4. The van der Waals surface area contributed by atoms with Crippen molar-refractivity contribution in [1.82, 2.24) is 21.3 Å². The lowest BCUT2D eigenvalue weighted by molar-refractivity contribution is -0.143. The highest BCUT2D eigenvalue weighted by Gasteiger charge is 2.34. The van der Waals surface area contributed by atoms with Crippen LogP contribution in [-0.4, -0.2) is 94.0 Å². The molecule has 2 rings (SSSR count). The van der Waals surface area contributed by atoms with E-state index >= 15 is 0 Å². The lowest BCUT2D eigenvalue weighted by Gasteiger charge is -2.38. The zero-order valence-corrected chi connectivity index (χ0v) is 23.6. The molecule has 2 saturated heterocycles. The molecule has 218 valence electrons. The summed E-state index contributed by atoms with van der Waals surface area (Å²) in [6, 6.07) is 0.837. The fourth-order valence-corrected chi connectivity index (χ4v) is 5.79. The molecule has 0 amide bonds. The maximum Gasteiger partial charge on any atom is 0.306 e. The van der Waals surface area contributed by atoms with Crippen LogP contribution < -0.4 is 21.3 Å². The minimum Gasteiger partial charge on any atom is -0.481 e. The third-order valence-corrected chi connectivity index (χ3v) is 8.38. The molecule has 9 heteroatoms. The molecule has 0 spiro atoms. The predicted molar refractivity (Wildman–Crippen MR) is 148 cm³/mol. The van der Waals surface area contributed by atoms with Gasteiger partial charge in [0.2, 0.25) is 0 Å². The molecule has 6 atom stereocenters. The van der Waals surface area contributed by atoms with Gasteiger partial charge in [-0.1, -0.05) is 32.1 Å². The number of carboxylic acid groups (broad SMARTS) is 1. The standard InChI is InChI=1S/C28H56N4O5/c1-21(33)19-30-23(17-24-10-11-25(34)22(2)32-24)9-7-5-4-6-8-12-28(37,18-26(35)36)20-31-27(3)13-15-29-16-14-27/h21-25,29-34,37H,4-20H2,1-3H3,(H,35,36). The summed E-state index contributed by atoms with van der Waals surface area (Å²) in [4.78, 5) is 11.4. The highest BCUT2D eigenvalue weighted by Crippen LogP contribution is 2.24. The Kier molecular flexibility index (Phi) is 14.3. The second kappa shape index (κ2) is 16.3. The highest BCUT2D eigenvalue weighted by molar-refractivity contribution is 5.68. The first-order chi connectivity index (χ1) is 17.5. The van der Waals surface area contributed by atoms with Gasteiger partial charge < -0.3 is 41.7 Å². The van der Waals surface area contributed by atoms with E-state index in [4.69, 9.17) is 0 Å². The van der Waals surface area contributed by atoms with Crippen molar-refractivity contribution >= 4 is 5.97 Å². The molecule has 0 aliphatic carbocycles. The number of hydrogen-bond acceptors (Lipinski definition) is 8. The number of aliphatic carboxylic acids is 1. The summed E-state index contributed by atoms with van der Waals surface area (Å²) < 4.78 is 0. The van der Waals surface area contributed by atoms with Crippen LogP contribution in [0.3, 0.4) is 0 Å². The Hall–Kier alpha value is -0.810. The minimum atomic E-state index is -1.21. The van der Waals surface area contributed by atoms with Crippen molar-refractivity contribution in [3.8, 4) is 0 Å². The summed E-state index contributed by atoms with van der Waals surface area (Å²) in [6.45, 7) is 8.78. The van der Waals surface area contributed by atoms with E-state index in [1.165, 1.54) is 0 Å². The van der Waals surface area contributed by atoms with Gasteiger partial charge >= 0.3 is 5.97 Å². The van der Waals surface area contributed by atoms with E-state index in [-0.39, 0.29) is 30.2 Å². The Morgan fingerprint density at radius 2 is 1.81 bits per heavy atom. The van der Waals surface area contributed by atoms with E-state index in [0.29, 0.717) is 31.6 Å². The van der Waals surface area contributed by atoms with E-state index in [1.807, 2.05) is 6.92 Å². The monoisotopic (exact) mass is 528 g/mol. The highest BCUT2D eigenvalue weighted by atomic mass is 16.4. The van der Waals surface area contributed by atoms with Gasteiger partial charge in [0.1, 0.15) is 0 Å². The third kappa shape index (κ3) is 13.2. The first kappa shape index (κ1) is 32.4. The van der Waals surface area contributed by atoms with Crippen molar-refractivity contribution in [3.05, 3.63) is 0 Å². The fourth-order valence-electron chi connectivity index (χ4n) is 5.79. The number of rotatable bonds is 18. The first-order valence-electron chi connectivity index (χ1n) is 14.8. The molecule has 2 aliphatic heterocycles. The van der Waals surface area contributed by atoms with E-state index in [1.54, 1.807) is 6.92 Å². The van der Waals surface area contributed by atoms with Crippen LogP contribution in [-0.2, 0) is 4.79 Å². The van der Waals surface area contributed by atoms with Crippen LogP contribution in [0, 0.1) is 0 Å². The Balaban J connectivity index is 1.69. The average Bonchev–Trinajstić information content (AvgIpc) is 2.83. The quantitative estimate of drug-likeness (QED) is 0.125. The maximum absolute atomic E-state index is 11.4. The lowest BCUT2D eigenvalue weighted by Crippen LogP contribution is -2.55. The van der Waals surface area contributed by atoms with Crippen molar-refractivity contribution in [3.63, 3.8) is 0 Å². The molecule has 2 heterocycles. The Morgan fingerprint density at radius 1 is 1.14 bits per heavy atom. The molecule has 6 unspecified atom stereocenters. The smallest absolute Gasteiger partial charge is 0.306 e. The molecule has 0 radical (unpaired) electrons. The molecule has 2 fully saturated rings. The minimum absolute atomic E-state index is 0.0544. The molecule has 0 aromatic rings. The van der Waals surface area contributed by atoms with Crippen molar-refractivity contribution in [2.45, 2.75) is 146 Å². The topological polar surface area (TPSA) is 146 Å². The molecular weight excluding hydrogens is 472 g/mol. The lowest BCUT2D eigenvalue weighted by atomic mass is 9.87. The van der Waals surface area contributed by atoms with Crippen molar-refractivity contribution in [1.29, 1.82) is 0 Å². The Labute approximate surface area is 224 Å². The number of aliphatic hydroxyl groups is 3. The van der Waals surface area contributed by atoms with Gasteiger partial charge in [0.05, 0.1) is 24.2 Å². The van der Waals surface area contributed by atoms with Gasteiger partial charge in [0.25, 0.3) is 0 Å². The number of carbonyl (C=O) groups is 1. The summed E-state index contributed by atoms with van der Waals surface area (Å²) in [5, 5.41) is 54.0. The predicted octanol–water partition coefficient (Wildman–Crippen LogP) is 1.89. The average molecular weight is 529 g/mol. The van der Waals surface area contributed by atoms with Crippen molar-refractivity contribution in [2.24, 2.45) is 0 Å². The summed E-state index contributed by atoms with van der Waals surface area (Å²) in [7, 11) is 0. The van der Waals surface area contributed by atoms with Gasteiger partial charge in [-0.05, 0) is 78.8 Å². The zero-order chi connectivity index (χ0) is 27.3. The maximum atomic E-state index is 11.4. The van der Waals surface area contributed by atoms with Gasteiger partial charge in [-0.15, -0.1) is 0 Å². The summed E-state index contributed by atoms with van der Waals surface area (Å²) >= 11 is 0. The number of carboxylic acids is 1. The van der Waals surface area contributed by atoms with Crippen LogP contribution in [0.2, 0.25) is 0 Å². The van der Waals surface area contributed by atoms with Crippen molar-refractivity contribution in [2.75, 3.05) is 26.2 Å². The van der Waals surface area contributed by atoms with Crippen LogP contribution in [0.1, 0.15) is 104 Å². The zero-order valence-electron chi connectivity index (χ0n) is 23.6. The normalized spacial score (nSPS) is 27.4. The van der Waals surface area contributed by atoms with Gasteiger partial charge in [-0.2, -0.15) is 0 Å². The van der Waals surface area contributed by atoms with Gasteiger partial charge in [-0.3, -0.25) is 4.79 Å². The molecule has 37 heavy (non-hydrogen) atoms. The number of aliphatic hydroxyl groups excluding tert-OH is 2. The van der Waals surface area contributed by atoms with E-state index in [9.17, 15) is 25.2 Å². The van der Waals surface area contributed by atoms with Crippen LogP contribution in [0.5, 0.6) is 0 Å². The largest absolute Gasteiger partial charge is 0.481 e. The Morgan fingerprint density at radius 3 is 2.46 bits per heavy atom. The third-order valence-electron chi connectivity index (χ3n) is 8.38. The summed E-state index contributed by atoms with van der Waals surface area (Å²) in [6.07, 6.45) is 10.5. The molecule has 2 aliphatic rings. The van der Waals surface area contributed by atoms with Crippen LogP contribution >= 0.6 is 0 Å². The number of piperidine rings is 2. The number of nitrogens with one attached hydrogen (secondary N) is 4. The summed E-state index contributed by atoms with van der Waals surface area (Å²) in [5.41, 5.74) is -1.27. The summed E-state index contributed by atoms with van der Waals surface area (Å²) in [5.74, 6) is -0.952. The molecular formula is C28H56N4O5. The molecule has 8 N–H and O–H groups in total. The second-order valence-electron chi connectivity index (χ2n) is 12.3. The molecule has 0 aromatic carbocycles. The molecule has 9 nitrogen and oxygen atoms in total. The van der Waals surface area contributed by atoms with Crippen LogP contribution in [0.15, 0.2) is 0 Å². The van der Waals surface area contributed by atoms with Crippen LogP contribution in [0.4, 0.5) is 0 Å². The molecule has 0 bridgehead atoms. The number of β-amino-alcohol motifs (C(OH)–C–C–N with tert-alkyl or cyclic N) is 1. The van der Waals surface area contributed by atoms with Gasteiger partial charge in [0.15, 0.2) is 0 Å². The van der Waals surface area contributed by atoms with E-state index < -0.39 is 11.6 Å². The van der Waals surface area contributed by atoms with E-state index in [2.05, 4.69) is 28.2 Å². The number of hydrogen-bond donors (Lipinski definition) is 8. The fraction of sp³-hybridized carbons (Fsp3) is 0.964. The van der Waals surface area contributed by atoms with Crippen molar-refractivity contribution < 1.29 is 25.2 Å². The second-order valence-corrected chi connectivity index (χ2v) is 12.3. The molecule has 0 saturated carbocycles. The Bertz CT molecular complexity index is 646.